The lowest BCUT2D eigenvalue weighted by molar-refractivity contribution is -0.137. The van der Waals surface area contributed by atoms with Crippen LogP contribution in [0.1, 0.15) is 35.7 Å². The van der Waals surface area contributed by atoms with Gasteiger partial charge >= 0.3 is 6.18 Å². The standard InChI is InChI=1S/C14H13F3N2O/c15-14(16,17)8-4-5-11-10(6-8)9-2-1-3-12(18-7-20)13(9)19-11/h4-7,12,19H,1-3H2,(H,18,20). The average Bonchev–Trinajstić information content (AvgIpc) is 2.77. The molecule has 1 unspecified atom stereocenters. The molecule has 3 rings (SSSR count). The van der Waals surface area contributed by atoms with Crippen molar-refractivity contribution < 1.29 is 18.0 Å². The molecule has 1 heterocycles. The maximum absolute atomic E-state index is 12.8. The van der Waals surface area contributed by atoms with Crippen molar-refractivity contribution in [1.82, 2.24) is 10.3 Å². The van der Waals surface area contributed by atoms with Crippen LogP contribution in [0.5, 0.6) is 0 Å². The van der Waals surface area contributed by atoms with Crippen LogP contribution in [0.3, 0.4) is 0 Å². The van der Waals surface area contributed by atoms with E-state index in [4.69, 9.17) is 0 Å². The molecule has 2 N–H and O–H groups in total. The van der Waals surface area contributed by atoms with Gasteiger partial charge in [-0.25, -0.2) is 0 Å². The topological polar surface area (TPSA) is 44.9 Å². The fraction of sp³-hybridized carbons (Fsp3) is 0.357. The highest BCUT2D eigenvalue weighted by Gasteiger charge is 2.32. The number of carbonyl (C=O) groups is 1. The van der Waals surface area contributed by atoms with Crippen molar-refractivity contribution in [3.8, 4) is 0 Å². The van der Waals surface area contributed by atoms with Gasteiger partial charge < -0.3 is 10.3 Å². The van der Waals surface area contributed by atoms with E-state index in [9.17, 15) is 18.0 Å². The second-order valence-corrected chi connectivity index (χ2v) is 5.00. The van der Waals surface area contributed by atoms with Gasteiger partial charge in [-0.05, 0) is 43.0 Å². The van der Waals surface area contributed by atoms with Gasteiger partial charge in [-0.15, -0.1) is 0 Å². The number of nitrogens with one attached hydrogen (secondary N) is 2. The molecule has 0 radical (unpaired) electrons. The molecule has 0 bridgehead atoms. The molecule has 0 saturated carbocycles. The molecule has 20 heavy (non-hydrogen) atoms. The van der Waals surface area contributed by atoms with Crippen molar-refractivity contribution in [2.75, 3.05) is 0 Å². The van der Waals surface area contributed by atoms with Crippen LogP contribution in [0.25, 0.3) is 10.9 Å². The third kappa shape index (κ3) is 2.05. The minimum atomic E-state index is -4.34. The minimum Gasteiger partial charge on any atom is -0.356 e. The molecule has 0 spiro atoms. The molecule has 0 saturated heterocycles. The highest BCUT2D eigenvalue weighted by Crippen LogP contribution is 2.37. The van der Waals surface area contributed by atoms with Crippen LogP contribution in [0, 0.1) is 0 Å². The van der Waals surface area contributed by atoms with Crippen molar-refractivity contribution in [2.45, 2.75) is 31.5 Å². The summed E-state index contributed by atoms with van der Waals surface area (Å²) in [5, 5.41) is 3.32. The van der Waals surface area contributed by atoms with Crippen molar-refractivity contribution in [3.05, 3.63) is 35.0 Å². The predicted molar refractivity (Wildman–Crippen MR) is 68.2 cm³/mol. The highest BCUT2D eigenvalue weighted by molar-refractivity contribution is 5.86. The first kappa shape index (κ1) is 13.0. The number of hydrogen-bond acceptors (Lipinski definition) is 1. The summed E-state index contributed by atoms with van der Waals surface area (Å²) in [6.07, 6.45) is -1.33. The van der Waals surface area contributed by atoms with Gasteiger partial charge in [0.25, 0.3) is 0 Å². The second-order valence-electron chi connectivity index (χ2n) is 5.00. The van der Waals surface area contributed by atoms with Gasteiger partial charge in [0.1, 0.15) is 0 Å². The van der Waals surface area contributed by atoms with E-state index >= 15 is 0 Å². The Morgan fingerprint density at radius 3 is 2.85 bits per heavy atom. The van der Waals surface area contributed by atoms with Crippen molar-refractivity contribution >= 4 is 17.3 Å². The number of halogens is 3. The molecule has 1 aromatic heterocycles. The molecular formula is C14H13F3N2O. The van der Waals surface area contributed by atoms with Gasteiger partial charge in [-0.1, -0.05) is 0 Å². The van der Waals surface area contributed by atoms with E-state index in [-0.39, 0.29) is 6.04 Å². The summed E-state index contributed by atoms with van der Waals surface area (Å²) in [4.78, 5) is 13.8. The van der Waals surface area contributed by atoms with Gasteiger partial charge in [0.2, 0.25) is 6.41 Å². The Labute approximate surface area is 113 Å². The molecule has 1 aromatic carbocycles. The summed E-state index contributed by atoms with van der Waals surface area (Å²) in [5.41, 5.74) is 1.76. The number of hydrogen-bond donors (Lipinski definition) is 2. The van der Waals surface area contributed by atoms with Crippen molar-refractivity contribution in [2.24, 2.45) is 0 Å². The number of amides is 1. The Kier molecular flexibility index (Phi) is 2.96. The second kappa shape index (κ2) is 4.54. The van der Waals surface area contributed by atoms with Gasteiger partial charge in [0.15, 0.2) is 0 Å². The van der Waals surface area contributed by atoms with E-state index in [1.807, 2.05) is 0 Å². The molecule has 106 valence electrons. The number of rotatable bonds is 2. The Morgan fingerprint density at radius 2 is 2.15 bits per heavy atom. The number of carbonyl (C=O) groups excluding carboxylic acids is 1. The zero-order chi connectivity index (χ0) is 14.3. The molecule has 1 atom stereocenters. The fourth-order valence-electron chi connectivity index (χ4n) is 2.89. The maximum Gasteiger partial charge on any atom is 0.416 e. The summed E-state index contributed by atoms with van der Waals surface area (Å²) in [7, 11) is 0. The van der Waals surface area contributed by atoms with Crippen LogP contribution < -0.4 is 5.32 Å². The van der Waals surface area contributed by atoms with Crippen LogP contribution in [0.15, 0.2) is 18.2 Å². The van der Waals surface area contributed by atoms with Crippen LogP contribution in [-0.2, 0) is 17.4 Å². The first-order valence-electron chi connectivity index (χ1n) is 6.42. The fourth-order valence-corrected chi connectivity index (χ4v) is 2.89. The van der Waals surface area contributed by atoms with Gasteiger partial charge in [-0.3, -0.25) is 4.79 Å². The molecule has 0 aliphatic heterocycles. The van der Waals surface area contributed by atoms with E-state index in [1.54, 1.807) is 0 Å². The Bertz CT molecular complexity index is 660. The largest absolute Gasteiger partial charge is 0.416 e. The van der Waals surface area contributed by atoms with E-state index in [0.29, 0.717) is 17.3 Å². The first-order chi connectivity index (χ1) is 9.50. The molecule has 0 fully saturated rings. The normalized spacial score (nSPS) is 18.9. The monoisotopic (exact) mass is 282 g/mol. The van der Waals surface area contributed by atoms with Crippen LogP contribution in [-0.4, -0.2) is 11.4 Å². The Balaban J connectivity index is 2.14. The lowest BCUT2D eigenvalue weighted by Gasteiger charge is -2.21. The zero-order valence-corrected chi connectivity index (χ0v) is 10.6. The lowest BCUT2D eigenvalue weighted by atomic mass is 9.91. The Hall–Kier alpha value is -1.98. The summed E-state index contributed by atoms with van der Waals surface area (Å²) in [5.74, 6) is 0. The van der Waals surface area contributed by atoms with E-state index < -0.39 is 11.7 Å². The third-order valence-corrected chi connectivity index (χ3v) is 3.80. The molecule has 1 aliphatic carbocycles. The predicted octanol–water partition coefficient (Wildman–Crippen LogP) is 3.31. The van der Waals surface area contributed by atoms with Crippen LogP contribution in [0.4, 0.5) is 13.2 Å². The highest BCUT2D eigenvalue weighted by atomic mass is 19.4. The lowest BCUT2D eigenvalue weighted by Crippen LogP contribution is -2.23. The van der Waals surface area contributed by atoms with Crippen LogP contribution >= 0.6 is 0 Å². The average molecular weight is 282 g/mol. The minimum absolute atomic E-state index is 0.141. The number of H-pyrrole nitrogens is 1. The van der Waals surface area contributed by atoms with Gasteiger partial charge in [0, 0.05) is 16.6 Å². The number of aryl methyl sites for hydroxylation is 1. The number of fused-ring (bicyclic) bond motifs is 3. The molecular weight excluding hydrogens is 269 g/mol. The molecule has 3 nitrogen and oxygen atoms in total. The summed E-state index contributed by atoms with van der Waals surface area (Å²) < 4.78 is 38.3. The molecule has 1 amide bonds. The SMILES string of the molecule is O=CNC1CCCc2c1[nH]c1ccc(C(F)(F)F)cc21. The summed E-state index contributed by atoms with van der Waals surface area (Å²) in [6, 6.07) is 3.58. The van der Waals surface area contributed by atoms with Crippen molar-refractivity contribution in [3.63, 3.8) is 0 Å². The third-order valence-electron chi connectivity index (χ3n) is 3.80. The molecule has 1 aliphatic rings. The first-order valence-corrected chi connectivity index (χ1v) is 6.42. The maximum atomic E-state index is 12.8. The molecule has 6 heteroatoms. The molecule has 2 aromatic rings. The summed E-state index contributed by atoms with van der Waals surface area (Å²) >= 11 is 0. The number of aromatic amines is 1. The summed E-state index contributed by atoms with van der Waals surface area (Å²) in [6.45, 7) is 0. The van der Waals surface area contributed by atoms with E-state index in [2.05, 4.69) is 10.3 Å². The van der Waals surface area contributed by atoms with E-state index in [0.717, 1.165) is 36.6 Å². The number of alkyl halides is 3. The van der Waals surface area contributed by atoms with Gasteiger partial charge in [-0.2, -0.15) is 13.2 Å². The zero-order valence-electron chi connectivity index (χ0n) is 10.6. The quantitative estimate of drug-likeness (QED) is 0.815. The number of aromatic nitrogens is 1. The smallest absolute Gasteiger partial charge is 0.356 e. The van der Waals surface area contributed by atoms with Crippen molar-refractivity contribution in [1.29, 1.82) is 0 Å². The Morgan fingerprint density at radius 1 is 1.35 bits per heavy atom. The van der Waals surface area contributed by atoms with Crippen LogP contribution in [0.2, 0.25) is 0 Å². The number of benzene rings is 1. The van der Waals surface area contributed by atoms with Gasteiger partial charge in [0.05, 0.1) is 11.6 Å². The van der Waals surface area contributed by atoms with E-state index in [1.165, 1.54) is 12.1 Å².